The fourth-order valence-electron chi connectivity index (χ4n) is 6.76. The zero-order chi connectivity index (χ0) is 25.9. The van der Waals surface area contributed by atoms with Crippen molar-refractivity contribution in [3.05, 3.63) is 101 Å². The van der Waals surface area contributed by atoms with Crippen LogP contribution < -0.4 is 10.2 Å². The smallest absolute Gasteiger partial charge is 0.238 e. The average molecular weight is 491 g/mol. The molecule has 0 saturated carbocycles. The molecule has 0 radical (unpaired) electrons. The average Bonchev–Trinajstić information content (AvgIpc) is 3.37. The highest BCUT2D eigenvalue weighted by molar-refractivity contribution is 6.16. The maximum absolute atomic E-state index is 14.5. The number of benzene rings is 3. The molecule has 5 nitrogen and oxygen atoms in total. The van der Waals surface area contributed by atoms with E-state index in [1.165, 1.54) is 6.92 Å². The van der Waals surface area contributed by atoms with Crippen molar-refractivity contribution in [2.75, 3.05) is 10.2 Å². The molecule has 3 heterocycles. The van der Waals surface area contributed by atoms with Crippen molar-refractivity contribution in [1.29, 1.82) is 0 Å². The van der Waals surface area contributed by atoms with Crippen LogP contribution in [0.3, 0.4) is 0 Å². The molecule has 1 amide bonds. The summed E-state index contributed by atoms with van der Waals surface area (Å²) in [4.78, 5) is 44.1. The quantitative estimate of drug-likeness (QED) is 0.479. The number of nitrogens with one attached hydrogen (secondary N) is 1. The number of anilines is 2. The second-order valence-corrected chi connectivity index (χ2v) is 10.5. The van der Waals surface area contributed by atoms with E-state index in [1.807, 2.05) is 84.6 Å². The monoisotopic (exact) mass is 490 g/mol. The Balaban J connectivity index is 1.60. The van der Waals surface area contributed by atoms with Crippen LogP contribution in [-0.4, -0.2) is 29.6 Å². The third-order valence-corrected chi connectivity index (χ3v) is 8.26. The summed E-state index contributed by atoms with van der Waals surface area (Å²) >= 11 is 0. The number of hydrogen-bond acceptors (Lipinski definition) is 4. The van der Waals surface area contributed by atoms with Crippen molar-refractivity contribution in [2.45, 2.75) is 51.1 Å². The summed E-state index contributed by atoms with van der Waals surface area (Å²) < 4.78 is 0. The highest BCUT2D eigenvalue weighted by atomic mass is 16.2. The third kappa shape index (κ3) is 3.26. The van der Waals surface area contributed by atoms with Crippen LogP contribution in [0.25, 0.3) is 6.08 Å². The normalized spacial score (nSPS) is 25.0. The van der Waals surface area contributed by atoms with Crippen molar-refractivity contribution < 1.29 is 14.4 Å². The number of Topliss-reactive ketones (excluding diaryl/α,β-unsaturated/α-hetero) is 2. The van der Waals surface area contributed by atoms with Crippen LogP contribution in [0.5, 0.6) is 0 Å². The van der Waals surface area contributed by atoms with Gasteiger partial charge in [-0.25, -0.2) is 0 Å². The summed E-state index contributed by atoms with van der Waals surface area (Å²) in [6.45, 7) is 5.69. The van der Waals surface area contributed by atoms with Crippen LogP contribution in [0.15, 0.2) is 72.8 Å². The fourth-order valence-corrected chi connectivity index (χ4v) is 6.76. The van der Waals surface area contributed by atoms with E-state index in [4.69, 9.17) is 0 Å². The molecule has 1 N–H and O–H groups in total. The first-order valence-electron chi connectivity index (χ1n) is 13.0. The molecule has 4 atom stereocenters. The molecule has 3 aromatic carbocycles. The van der Waals surface area contributed by atoms with Crippen molar-refractivity contribution >= 4 is 34.9 Å². The first-order valence-corrected chi connectivity index (χ1v) is 13.0. The molecule has 1 spiro atoms. The van der Waals surface area contributed by atoms with Crippen LogP contribution in [0.1, 0.15) is 52.9 Å². The van der Waals surface area contributed by atoms with Gasteiger partial charge < -0.3 is 10.2 Å². The first-order chi connectivity index (χ1) is 17.9. The van der Waals surface area contributed by atoms with Gasteiger partial charge >= 0.3 is 0 Å². The third-order valence-electron chi connectivity index (χ3n) is 8.26. The zero-order valence-corrected chi connectivity index (χ0v) is 21.3. The van der Waals surface area contributed by atoms with Crippen molar-refractivity contribution in [3.63, 3.8) is 0 Å². The molecular formula is C32H30N2O3. The number of hydrogen-bond donors (Lipinski definition) is 1. The number of aryl methyl sites for hydroxylation is 2. The number of carbonyl (C=O) groups is 3. The minimum Gasteiger partial charge on any atom is -0.352 e. The first kappa shape index (κ1) is 23.4. The van der Waals surface area contributed by atoms with Gasteiger partial charge in [0.25, 0.3) is 0 Å². The molecular weight excluding hydrogens is 460 g/mol. The number of carbonyl (C=O) groups excluding carboxylic acids is 3. The summed E-state index contributed by atoms with van der Waals surface area (Å²) in [5, 5.41) is 3.05. The van der Waals surface area contributed by atoms with E-state index in [2.05, 4.69) is 18.3 Å². The largest absolute Gasteiger partial charge is 0.352 e. The van der Waals surface area contributed by atoms with Crippen LogP contribution in [0, 0.1) is 12.8 Å². The molecule has 3 aliphatic rings. The number of nitrogens with zero attached hydrogens (tertiary/aromatic N) is 1. The van der Waals surface area contributed by atoms with E-state index in [0.29, 0.717) is 11.3 Å². The summed E-state index contributed by atoms with van der Waals surface area (Å²) in [5.41, 5.74) is 4.92. The highest BCUT2D eigenvalue weighted by Crippen LogP contribution is 2.57. The van der Waals surface area contributed by atoms with Gasteiger partial charge in [-0.1, -0.05) is 79.6 Å². The van der Waals surface area contributed by atoms with E-state index in [1.54, 1.807) is 0 Å². The SMILES string of the molecule is CCCc1ccc(C(=O)[C@@H]2[C@H](C(C)=O)N3c4ccc(C)cc4C=C[C@H]3[C@]23C(=O)Nc2ccccc23)cc1. The summed E-state index contributed by atoms with van der Waals surface area (Å²) in [6.07, 6.45) is 5.99. The lowest BCUT2D eigenvalue weighted by Gasteiger charge is -2.37. The fraction of sp³-hybridized carbons (Fsp3) is 0.281. The van der Waals surface area contributed by atoms with Gasteiger partial charge in [0.1, 0.15) is 5.41 Å². The zero-order valence-electron chi connectivity index (χ0n) is 21.3. The molecule has 1 fully saturated rings. The molecule has 3 aromatic rings. The summed E-state index contributed by atoms with van der Waals surface area (Å²) in [5.74, 6) is -1.41. The molecule has 0 aliphatic carbocycles. The number of fused-ring (bicyclic) bond motifs is 6. The molecule has 0 bridgehead atoms. The minimum atomic E-state index is -1.23. The van der Waals surface area contributed by atoms with Crippen molar-refractivity contribution in [3.8, 4) is 0 Å². The Hall–Kier alpha value is -3.99. The van der Waals surface area contributed by atoms with Crippen LogP contribution >= 0.6 is 0 Å². The van der Waals surface area contributed by atoms with Crippen LogP contribution in [-0.2, 0) is 21.4 Å². The van der Waals surface area contributed by atoms with Gasteiger partial charge in [-0.15, -0.1) is 0 Å². The molecule has 5 heteroatoms. The number of amides is 1. The molecule has 0 unspecified atom stereocenters. The summed E-state index contributed by atoms with van der Waals surface area (Å²) in [7, 11) is 0. The maximum Gasteiger partial charge on any atom is 0.238 e. The van der Waals surface area contributed by atoms with E-state index < -0.39 is 23.4 Å². The maximum atomic E-state index is 14.5. The lowest BCUT2D eigenvalue weighted by Crippen LogP contribution is -2.51. The minimum absolute atomic E-state index is 0.123. The lowest BCUT2D eigenvalue weighted by molar-refractivity contribution is -0.122. The molecule has 0 aromatic heterocycles. The molecule has 37 heavy (non-hydrogen) atoms. The predicted octanol–water partition coefficient (Wildman–Crippen LogP) is 5.51. The van der Waals surface area contributed by atoms with Gasteiger partial charge in [-0.2, -0.15) is 0 Å². The van der Waals surface area contributed by atoms with E-state index in [0.717, 1.165) is 40.8 Å². The van der Waals surface area contributed by atoms with E-state index in [9.17, 15) is 14.4 Å². The topological polar surface area (TPSA) is 66.5 Å². The number of rotatable bonds is 5. The van der Waals surface area contributed by atoms with Gasteiger partial charge in [-0.3, -0.25) is 14.4 Å². The van der Waals surface area contributed by atoms with Crippen LogP contribution in [0.2, 0.25) is 0 Å². The van der Waals surface area contributed by atoms with Crippen LogP contribution in [0.4, 0.5) is 11.4 Å². The van der Waals surface area contributed by atoms with Gasteiger partial charge in [0, 0.05) is 16.9 Å². The molecule has 186 valence electrons. The standard InChI is InChI=1S/C32H30N2O3/c1-4-7-21-11-13-22(14-12-21)30(36)28-29(20(3)35)34-26-16-10-19(2)18-23(26)15-17-27(34)32(28)24-8-5-6-9-25(24)33-31(32)37/h5-6,8-18,27-29H,4,7H2,1-3H3,(H,33,37)/t27-,28-,29-,32-/m0/s1. The Morgan fingerprint density at radius 2 is 1.78 bits per heavy atom. The Kier molecular flexibility index (Phi) is 5.41. The van der Waals surface area contributed by atoms with Gasteiger partial charge in [-0.05, 0) is 55.2 Å². The number of para-hydroxylation sites is 1. The van der Waals surface area contributed by atoms with Gasteiger partial charge in [0.2, 0.25) is 5.91 Å². The Morgan fingerprint density at radius 1 is 1.03 bits per heavy atom. The number of ketones is 2. The Morgan fingerprint density at radius 3 is 2.51 bits per heavy atom. The van der Waals surface area contributed by atoms with E-state index in [-0.39, 0.29) is 17.5 Å². The molecule has 1 saturated heterocycles. The highest BCUT2D eigenvalue weighted by Gasteiger charge is 2.69. The van der Waals surface area contributed by atoms with Crippen molar-refractivity contribution in [2.24, 2.45) is 5.92 Å². The lowest BCUT2D eigenvalue weighted by atomic mass is 9.64. The second kappa shape index (κ2) is 8.55. The Labute approximate surface area is 217 Å². The second-order valence-electron chi connectivity index (χ2n) is 10.5. The van der Waals surface area contributed by atoms with E-state index >= 15 is 0 Å². The van der Waals surface area contributed by atoms with Crippen molar-refractivity contribution in [1.82, 2.24) is 0 Å². The molecule has 6 rings (SSSR count). The van der Waals surface area contributed by atoms with Gasteiger partial charge in [0.05, 0.1) is 18.0 Å². The summed E-state index contributed by atoms with van der Waals surface area (Å²) in [6, 6.07) is 20.1. The van der Waals surface area contributed by atoms with Gasteiger partial charge in [0.15, 0.2) is 11.6 Å². The Bertz CT molecular complexity index is 1470. The molecule has 3 aliphatic heterocycles. The predicted molar refractivity (Wildman–Crippen MR) is 146 cm³/mol.